The minimum absolute atomic E-state index is 0.398. The summed E-state index contributed by atoms with van der Waals surface area (Å²) in [6, 6.07) is 12.6. The van der Waals surface area contributed by atoms with E-state index >= 15 is 0 Å². The molecule has 23 heavy (non-hydrogen) atoms. The number of ether oxygens (including phenoxy) is 1. The maximum absolute atomic E-state index is 11.7. The number of rotatable bonds is 2. The quantitative estimate of drug-likeness (QED) is 0.525. The number of aromatic nitrogens is 1. The Morgan fingerprint density at radius 1 is 1.00 bits per heavy atom. The van der Waals surface area contributed by atoms with Crippen molar-refractivity contribution < 1.29 is 13.6 Å². The molecule has 0 saturated heterocycles. The lowest BCUT2D eigenvalue weighted by Crippen LogP contribution is -1.97. The van der Waals surface area contributed by atoms with E-state index in [0.717, 1.165) is 22.3 Å². The number of hydrogen-bond donors (Lipinski definition) is 0. The fourth-order valence-corrected chi connectivity index (χ4v) is 2.62. The Morgan fingerprint density at radius 2 is 1.78 bits per heavy atom. The molecule has 0 aliphatic rings. The molecule has 0 radical (unpaired) electrons. The zero-order valence-corrected chi connectivity index (χ0v) is 12.6. The minimum atomic E-state index is -0.398. The fourth-order valence-electron chi connectivity index (χ4n) is 2.62. The molecule has 0 spiro atoms. The molecule has 0 saturated carbocycles. The van der Waals surface area contributed by atoms with E-state index in [9.17, 15) is 4.79 Å². The number of nitrogens with zero attached hydrogens (tertiary/aromatic N) is 1. The van der Waals surface area contributed by atoms with Crippen LogP contribution >= 0.6 is 0 Å². The fraction of sp³-hybridized carbons (Fsp3) is 0.111. The molecule has 5 nitrogen and oxygen atoms in total. The molecule has 2 aromatic carbocycles. The molecule has 0 amide bonds. The van der Waals surface area contributed by atoms with Crippen LogP contribution < -0.4 is 10.4 Å². The number of methoxy groups -OCH3 is 1. The molecule has 4 aromatic rings. The summed E-state index contributed by atoms with van der Waals surface area (Å²) in [5, 5.41) is 0.842. The summed E-state index contributed by atoms with van der Waals surface area (Å²) >= 11 is 0. The van der Waals surface area contributed by atoms with E-state index in [1.807, 2.05) is 43.3 Å². The molecule has 0 fully saturated rings. The van der Waals surface area contributed by atoms with Gasteiger partial charge in [-0.25, -0.2) is 9.78 Å². The third-order valence-corrected chi connectivity index (χ3v) is 3.81. The average Bonchev–Trinajstić information content (AvgIpc) is 2.99. The summed E-state index contributed by atoms with van der Waals surface area (Å²) in [6.45, 7) is 1.87. The van der Waals surface area contributed by atoms with Crippen LogP contribution in [-0.4, -0.2) is 12.1 Å². The monoisotopic (exact) mass is 307 g/mol. The summed E-state index contributed by atoms with van der Waals surface area (Å²) in [6.07, 6.45) is 0. The molecule has 0 atom stereocenters. The van der Waals surface area contributed by atoms with Crippen molar-refractivity contribution in [3.05, 3.63) is 58.4 Å². The Hall–Kier alpha value is -3.08. The van der Waals surface area contributed by atoms with E-state index in [2.05, 4.69) is 4.98 Å². The average molecular weight is 307 g/mol. The van der Waals surface area contributed by atoms with E-state index in [1.54, 1.807) is 7.11 Å². The van der Waals surface area contributed by atoms with Gasteiger partial charge in [0.25, 0.3) is 0 Å². The van der Waals surface area contributed by atoms with Gasteiger partial charge in [0, 0.05) is 17.0 Å². The lowest BCUT2D eigenvalue weighted by Gasteiger charge is -2.00. The van der Waals surface area contributed by atoms with Gasteiger partial charge in [-0.1, -0.05) is 0 Å². The Balaban J connectivity index is 1.96. The lowest BCUT2D eigenvalue weighted by atomic mass is 10.1. The second kappa shape index (κ2) is 4.98. The molecule has 2 aromatic heterocycles. The minimum Gasteiger partial charge on any atom is -0.497 e. The van der Waals surface area contributed by atoms with Gasteiger partial charge in [-0.15, -0.1) is 0 Å². The lowest BCUT2D eigenvalue weighted by molar-refractivity contribution is 0.415. The van der Waals surface area contributed by atoms with Gasteiger partial charge in [0.2, 0.25) is 5.89 Å². The van der Waals surface area contributed by atoms with Gasteiger partial charge in [0.1, 0.15) is 11.3 Å². The van der Waals surface area contributed by atoms with Crippen LogP contribution in [0.15, 0.2) is 56.1 Å². The van der Waals surface area contributed by atoms with Crippen LogP contribution in [0.1, 0.15) is 5.56 Å². The highest BCUT2D eigenvalue weighted by molar-refractivity contribution is 6.00. The van der Waals surface area contributed by atoms with E-state index in [1.165, 1.54) is 6.07 Å². The summed E-state index contributed by atoms with van der Waals surface area (Å²) < 4.78 is 16.3. The number of fused-ring (bicyclic) bond motifs is 3. The van der Waals surface area contributed by atoms with Gasteiger partial charge < -0.3 is 13.6 Å². The number of oxazole rings is 1. The summed E-state index contributed by atoms with van der Waals surface area (Å²) in [7, 11) is 1.62. The van der Waals surface area contributed by atoms with Gasteiger partial charge in [0.05, 0.1) is 7.11 Å². The first-order valence-corrected chi connectivity index (χ1v) is 7.14. The molecular weight excluding hydrogens is 294 g/mol. The molecule has 0 aliphatic carbocycles. The van der Waals surface area contributed by atoms with E-state index in [4.69, 9.17) is 13.6 Å². The summed E-state index contributed by atoms with van der Waals surface area (Å²) in [5.74, 6) is 1.23. The van der Waals surface area contributed by atoms with Gasteiger partial charge in [-0.2, -0.15) is 0 Å². The highest BCUT2D eigenvalue weighted by Crippen LogP contribution is 2.31. The van der Waals surface area contributed by atoms with Gasteiger partial charge in [0.15, 0.2) is 11.2 Å². The van der Waals surface area contributed by atoms with Crippen LogP contribution in [0.5, 0.6) is 5.75 Å². The Bertz CT molecular complexity index is 1070. The van der Waals surface area contributed by atoms with Crippen molar-refractivity contribution in [2.75, 3.05) is 7.11 Å². The van der Waals surface area contributed by atoms with Gasteiger partial charge in [-0.05, 0) is 48.9 Å². The maximum atomic E-state index is 11.7. The first-order valence-electron chi connectivity index (χ1n) is 7.14. The van der Waals surface area contributed by atoms with E-state index < -0.39 is 5.63 Å². The highest BCUT2D eigenvalue weighted by Gasteiger charge is 2.14. The third kappa shape index (κ3) is 2.17. The largest absolute Gasteiger partial charge is 0.497 e. The molecular formula is C18H13NO4. The standard InChI is InChI=1S/C18H13NO4/c1-10-9-15(20)22-16-13(10)7-8-14-17(16)23-18(19-14)11-3-5-12(21-2)6-4-11/h3-9H,1-2H3. The van der Waals surface area contributed by atoms with Crippen LogP contribution in [0, 0.1) is 6.92 Å². The van der Waals surface area contributed by atoms with Crippen LogP contribution in [0.25, 0.3) is 33.5 Å². The SMILES string of the molecule is COc1ccc(-c2nc3ccc4c(C)cc(=O)oc4c3o2)cc1. The highest BCUT2D eigenvalue weighted by atomic mass is 16.5. The molecule has 2 heterocycles. The van der Waals surface area contributed by atoms with E-state index in [0.29, 0.717) is 22.6 Å². The number of benzene rings is 2. The van der Waals surface area contributed by atoms with E-state index in [-0.39, 0.29) is 0 Å². The predicted molar refractivity (Wildman–Crippen MR) is 86.8 cm³/mol. The molecule has 5 heteroatoms. The first kappa shape index (κ1) is 13.6. The molecule has 0 aliphatic heterocycles. The van der Waals surface area contributed by atoms with Crippen molar-refractivity contribution in [2.45, 2.75) is 6.92 Å². The topological polar surface area (TPSA) is 65.5 Å². The van der Waals surface area contributed by atoms with Crippen LogP contribution in [0.4, 0.5) is 0 Å². The zero-order chi connectivity index (χ0) is 16.0. The molecule has 4 rings (SSSR count). The van der Waals surface area contributed by atoms with Crippen molar-refractivity contribution in [3.63, 3.8) is 0 Å². The summed E-state index contributed by atoms with van der Waals surface area (Å²) in [5.41, 5.74) is 2.83. The second-order valence-electron chi connectivity index (χ2n) is 5.29. The van der Waals surface area contributed by atoms with Gasteiger partial charge in [-0.3, -0.25) is 0 Å². The number of hydrogen-bond acceptors (Lipinski definition) is 5. The Morgan fingerprint density at radius 3 is 2.52 bits per heavy atom. The normalized spacial score (nSPS) is 11.2. The number of aryl methyl sites for hydroxylation is 1. The van der Waals surface area contributed by atoms with Crippen molar-refractivity contribution in [3.8, 4) is 17.2 Å². The van der Waals surface area contributed by atoms with Crippen LogP contribution in [0.3, 0.4) is 0 Å². The van der Waals surface area contributed by atoms with Crippen molar-refractivity contribution >= 4 is 22.1 Å². The predicted octanol–water partition coefficient (Wildman–Crippen LogP) is 3.92. The second-order valence-corrected chi connectivity index (χ2v) is 5.29. The Labute approximate surface area is 131 Å². The summed E-state index contributed by atoms with van der Waals surface area (Å²) in [4.78, 5) is 16.1. The molecule has 0 bridgehead atoms. The zero-order valence-electron chi connectivity index (χ0n) is 12.6. The van der Waals surface area contributed by atoms with Crippen LogP contribution in [0.2, 0.25) is 0 Å². The van der Waals surface area contributed by atoms with Gasteiger partial charge >= 0.3 is 5.63 Å². The van der Waals surface area contributed by atoms with Crippen molar-refractivity contribution in [1.29, 1.82) is 0 Å². The first-order chi connectivity index (χ1) is 11.2. The molecule has 0 N–H and O–H groups in total. The molecule has 114 valence electrons. The Kier molecular flexibility index (Phi) is 2.94. The van der Waals surface area contributed by atoms with Crippen LogP contribution in [-0.2, 0) is 0 Å². The molecule has 0 unspecified atom stereocenters. The maximum Gasteiger partial charge on any atom is 0.336 e. The van der Waals surface area contributed by atoms with Crippen molar-refractivity contribution in [2.24, 2.45) is 0 Å². The van der Waals surface area contributed by atoms with Crippen molar-refractivity contribution in [1.82, 2.24) is 4.98 Å². The smallest absolute Gasteiger partial charge is 0.336 e. The third-order valence-electron chi connectivity index (χ3n) is 3.81.